The van der Waals surface area contributed by atoms with Gasteiger partial charge in [0, 0.05) is 5.56 Å². The first-order valence-corrected chi connectivity index (χ1v) is 5.37. The van der Waals surface area contributed by atoms with Crippen LogP contribution in [0.5, 0.6) is 0 Å². The third-order valence-electron chi connectivity index (χ3n) is 2.38. The van der Waals surface area contributed by atoms with E-state index in [9.17, 15) is 9.59 Å². The molecule has 1 aromatic carbocycles. The molecule has 4 heteroatoms. The molecule has 0 radical (unpaired) electrons. The lowest BCUT2D eigenvalue weighted by molar-refractivity contribution is 0.0525. The Hall–Kier alpha value is -2.15. The summed E-state index contributed by atoms with van der Waals surface area (Å²) in [6.07, 6.45) is 1.15. The van der Waals surface area contributed by atoms with Gasteiger partial charge in [0.1, 0.15) is 6.29 Å². The van der Waals surface area contributed by atoms with Gasteiger partial charge in [-0.05, 0) is 31.0 Å². The van der Waals surface area contributed by atoms with Crippen LogP contribution in [0.1, 0.15) is 45.7 Å². The summed E-state index contributed by atoms with van der Waals surface area (Å²) in [6, 6.07) is 4.94. The third-order valence-corrected chi connectivity index (χ3v) is 2.38. The number of esters is 1. The van der Waals surface area contributed by atoms with Gasteiger partial charge in [-0.25, -0.2) is 4.79 Å². The molecule has 17 heavy (non-hydrogen) atoms. The molecule has 1 rings (SSSR count). The van der Waals surface area contributed by atoms with Crippen molar-refractivity contribution in [3.63, 3.8) is 0 Å². The number of hydrogen-bond acceptors (Lipinski definition) is 4. The number of benzene rings is 1. The molecule has 0 unspecified atom stereocenters. The Balaban J connectivity index is 3.40. The van der Waals surface area contributed by atoms with E-state index in [4.69, 9.17) is 10.00 Å². The molecule has 0 saturated heterocycles. The molecular formula is C13H13NO3. The zero-order chi connectivity index (χ0) is 12.8. The van der Waals surface area contributed by atoms with Crippen molar-refractivity contribution in [2.75, 3.05) is 6.61 Å². The molecule has 0 aliphatic rings. The van der Waals surface area contributed by atoms with Crippen LogP contribution in [0.3, 0.4) is 0 Å². The summed E-state index contributed by atoms with van der Waals surface area (Å²) in [6.45, 7) is 3.81. The summed E-state index contributed by atoms with van der Waals surface area (Å²) in [5.41, 5.74) is 1.58. The lowest BCUT2D eigenvalue weighted by Gasteiger charge is -2.09. The maximum atomic E-state index is 11.7. The third kappa shape index (κ3) is 2.70. The molecule has 0 atom stereocenters. The fraction of sp³-hybridized carbons (Fsp3) is 0.308. The van der Waals surface area contributed by atoms with Crippen molar-refractivity contribution in [1.82, 2.24) is 0 Å². The van der Waals surface area contributed by atoms with Crippen LogP contribution in [0.2, 0.25) is 0 Å². The van der Waals surface area contributed by atoms with E-state index in [1.807, 2.05) is 13.0 Å². The summed E-state index contributed by atoms with van der Waals surface area (Å²) < 4.78 is 4.91. The fourth-order valence-corrected chi connectivity index (χ4v) is 1.63. The fourth-order valence-electron chi connectivity index (χ4n) is 1.63. The highest BCUT2D eigenvalue weighted by molar-refractivity contribution is 5.94. The summed E-state index contributed by atoms with van der Waals surface area (Å²) in [5.74, 6) is -0.496. The highest BCUT2D eigenvalue weighted by atomic mass is 16.5. The van der Waals surface area contributed by atoms with Crippen molar-refractivity contribution in [3.8, 4) is 6.07 Å². The lowest BCUT2D eigenvalue weighted by atomic mass is 9.96. The Morgan fingerprint density at radius 1 is 1.47 bits per heavy atom. The van der Waals surface area contributed by atoms with Crippen LogP contribution in [-0.2, 0) is 11.2 Å². The van der Waals surface area contributed by atoms with Gasteiger partial charge >= 0.3 is 5.97 Å². The maximum Gasteiger partial charge on any atom is 0.338 e. The average molecular weight is 231 g/mol. The molecule has 0 heterocycles. The smallest absolute Gasteiger partial charge is 0.338 e. The quantitative estimate of drug-likeness (QED) is 0.588. The monoisotopic (exact) mass is 231 g/mol. The average Bonchev–Trinajstić information content (AvgIpc) is 2.37. The Kier molecular flexibility index (Phi) is 4.41. The van der Waals surface area contributed by atoms with Crippen molar-refractivity contribution in [2.24, 2.45) is 0 Å². The molecule has 4 nitrogen and oxygen atoms in total. The van der Waals surface area contributed by atoms with Crippen LogP contribution < -0.4 is 0 Å². The first-order valence-electron chi connectivity index (χ1n) is 5.37. The number of carbonyl (C=O) groups excluding carboxylic acids is 2. The van der Waals surface area contributed by atoms with Gasteiger partial charge < -0.3 is 4.74 Å². The van der Waals surface area contributed by atoms with E-state index in [2.05, 4.69) is 0 Å². The van der Waals surface area contributed by atoms with Gasteiger partial charge in [0.2, 0.25) is 0 Å². The minimum absolute atomic E-state index is 0.259. The Labute approximate surface area is 99.8 Å². The Morgan fingerprint density at radius 3 is 2.65 bits per heavy atom. The minimum atomic E-state index is -0.496. The van der Waals surface area contributed by atoms with Gasteiger partial charge in [-0.2, -0.15) is 5.26 Å². The number of rotatable bonds is 4. The van der Waals surface area contributed by atoms with Gasteiger partial charge in [0.25, 0.3) is 0 Å². The maximum absolute atomic E-state index is 11.7. The summed E-state index contributed by atoms with van der Waals surface area (Å²) >= 11 is 0. The van der Waals surface area contributed by atoms with Gasteiger partial charge in [-0.1, -0.05) is 6.92 Å². The second-order valence-electron chi connectivity index (χ2n) is 3.40. The molecule has 0 saturated carbocycles. The van der Waals surface area contributed by atoms with E-state index < -0.39 is 5.97 Å². The molecule has 0 aliphatic carbocycles. The van der Waals surface area contributed by atoms with Gasteiger partial charge in [-0.15, -0.1) is 0 Å². The number of nitrogens with zero attached hydrogens (tertiary/aromatic N) is 1. The van der Waals surface area contributed by atoms with Crippen molar-refractivity contribution < 1.29 is 14.3 Å². The number of aldehydes is 1. The highest BCUT2D eigenvalue weighted by Crippen LogP contribution is 2.18. The predicted octanol–water partition coefficient (Wildman–Crippen LogP) is 2.11. The van der Waals surface area contributed by atoms with E-state index in [0.29, 0.717) is 35.0 Å². The van der Waals surface area contributed by atoms with Gasteiger partial charge in [0.15, 0.2) is 0 Å². The van der Waals surface area contributed by atoms with Crippen molar-refractivity contribution >= 4 is 12.3 Å². The van der Waals surface area contributed by atoms with Crippen LogP contribution in [0.25, 0.3) is 0 Å². The Bertz CT molecular complexity index is 486. The molecule has 0 spiro atoms. The van der Waals surface area contributed by atoms with Crippen molar-refractivity contribution in [3.05, 3.63) is 34.4 Å². The molecule has 1 aromatic rings. The van der Waals surface area contributed by atoms with Crippen LogP contribution in [-0.4, -0.2) is 18.9 Å². The van der Waals surface area contributed by atoms with E-state index in [1.165, 1.54) is 12.1 Å². The van der Waals surface area contributed by atoms with Crippen LogP contribution >= 0.6 is 0 Å². The molecular weight excluding hydrogens is 218 g/mol. The number of carbonyl (C=O) groups is 2. The first-order chi connectivity index (χ1) is 8.17. The van der Waals surface area contributed by atoms with E-state index in [1.54, 1.807) is 6.92 Å². The Morgan fingerprint density at radius 2 is 2.18 bits per heavy atom. The van der Waals surface area contributed by atoms with Crippen LogP contribution in [0.15, 0.2) is 12.1 Å². The van der Waals surface area contributed by atoms with E-state index >= 15 is 0 Å². The van der Waals surface area contributed by atoms with Crippen LogP contribution in [0, 0.1) is 11.3 Å². The molecule has 0 amide bonds. The predicted molar refractivity (Wildman–Crippen MR) is 61.9 cm³/mol. The second-order valence-corrected chi connectivity index (χ2v) is 3.40. The summed E-state index contributed by atoms with van der Waals surface area (Å²) in [5, 5.41) is 8.99. The first kappa shape index (κ1) is 12.9. The van der Waals surface area contributed by atoms with Gasteiger partial charge in [0.05, 0.1) is 23.8 Å². The topological polar surface area (TPSA) is 67.2 Å². The SMILES string of the molecule is CCOC(=O)c1cc(C=O)cc(C#N)c1CC. The largest absolute Gasteiger partial charge is 0.462 e. The summed E-state index contributed by atoms with van der Waals surface area (Å²) in [7, 11) is 0. The van der Waals surface area contributed by atoms with Crippen LogP contribution in [0.4, 0.5) is 0 Å². The molecule has 0 fully saturated rings. The lowest BCUT2D eigenvalue weighted by Crippen LogP contribution is -2.10. The molecule has 0 bridgehead atoms. The molecule has 0 aromatic heterocycles. The van der Waals surface area contributed by atoms with Gasteiger partial charge in [-0.3, -0.25) is 4.79 Å². The van der Waals surface area contributed by atoms with E-state index in [0.717, 1.165) is 0 Å². The standard InChI is InChI=1S/C13H13NO3/c1-3-11-10(7-14)5-9(8-15)6-12(11)13(16)17-4-2/h5-6,8H,3-4H2,1-2H3. The normalized spacial score (nSPS) is 9.47. The minimum Gasteiger partial charge on any atom is -0.462 e. The number of nitriles is 1. The zero-order valence-corrected chi connectivity index (χ0v) is 9.82. The van der Waals surface area contributed by atoms with E-state index in [-0.39, 0.29) is 6.61 Å². The molecule has 0 N–H and O–H groups in total. The van der Waals surface area contributed by atoms with Crippen molar-refractivity contribution in [1.29, 1.82) is 5.26 Å². The zero-order valence-electron chi connectivity index (χ0n) is 9.82. The summed E-state index contributed by atoms with van der Waals surface area (Å²) in [4.78, 5) is 22.5. The second kappa shape index (κ2) is 5.80. The highest BCUT2D eigenvalue weighted by Gasteiger charge is 2.16. The molecule has 88 valence electrons. The number of ether oxygens (including phenoxy) is 1. The molecule has 0 aliphatic heterocycles. The number of hydrogen-bond donors (Lipinski definition) is 0. The van der Waals surface area contributed by atoms with Crippen molar-refractivity contribution in [2.45, 2.75) is 20.3 Å².